The average Bonchev–Trinajstić information content (AvgIpc) is 2.54. The molecular formula is C18H34N2O. The highest BCUT2D eigenvalue weighted by atomic mass is 16.2. The number of nitrogens with one attached hydrogen (secondary N) is 2. The zero-order valence-corrected chi connectivity index (χ0v) is 14.0. The van der Waals surface area contributed by atoms with Crippen LogP contribution >= 0.6 is 0 Å². The number of hydrogen-bond acceptors (Lipinski definition) is 2. The zero-order chi connectivity index (χ0) is 15.1. The molecule has 1 amide bonds. The lowest BCUT2D eigenvalue weighted by Crippen LogP contribution is -2.51. The van der Waals surface area contributed by atoms with Crippen LogP contribution in [0.2, 0.25) is 0 Å². The van der Waals surface area contributed by atoms with Crippen LogP contribution < -0.4 is 10.6 Å². The van der Waals surface area contributed by atoms with E-state index in [0.717, 1.165) is 51.2 Å². The normalized spacial score (nSPS) is 33.6. The van der Waals surface area contributed by atoms with E-state index < -0.39 is 0 Å². The summed E-state index contributed by atoms with van der Waals surface area (Å²) in [5, 5.41) is 6.73. The van der Waals surface area contributed by atoms with Gasteiger partial charge in [0.25, 0.3) is 0 Å². The summed E-state index contributed by atoms with van der Waals surface area (Å²) in [6, 6.07) is 0. The third-order valence-corrected chi connectivity index (χ3v) is 5.78. The first-order chi connectivity index (χ1) is 10.2. The number of piperidine rings is 1. The van der Waals surface area contributed by atoms with Crippen molar-refractivity contribution in [3.8, 4) is 0 Å². The summed E-state index contributed by atoms with van der Waals surface area (Å²) >= 11 is 0. The van der Waals surface area contributed by atoms with Gasteiger partial charge in [-0.2, -0.15) is 0 Å². The fraction of sp³-hybridized carbons (Fsp3) is 0.944. The van der Waals surface area contributed by atoms with Crippen molar-refractivity contribution < 1.29 is 4.79 Å². The first kappa shape index (κ1) is 16.8. The molecule has 21 heavy (non-hydrogen) atoms. The van der Waals surface area contributed by atoms with Gasteiger partial charge in [0.2, 0.25) is 5.91 Å². The van der Waals surface area contributed by atoms with E-state index in [4.69, 9.17) is 0 Å². The molecule has 2 N–H and O–H groups in total. The maximum Gasteiger partial charge on any atom is 0.227 e. The van der Waals surface area contributed by atoms with E-state index in [1.54, 1.807) is 0 Å². The van der Waals surface area contributed by atoms with Crippen LogP contribution in [0, 0.1) is 17.3 Å². The van der Waals surface area contributed by atoms with Crippen molar-refractivity contribution >= 4 is 5.91 Å². The molecule has 0 bridgehead atoms. The van der Waals surface area contributed by atoms with Gasteiger partial charge in [-0.1, -0.05) is 39.5 Å². The van der Waals surface area contributed by atoms with Gasteiger partial charge in [-0.05, 0) is 50.5 Å². The molecule has 1 saturated carbocycles. The molecule has 122 valence electrons. The van der Waals surface area contributed by atoms with E-state index in [1.165, 1.54) is 32.1 Å². The Morgan fingerprint density at radius 3 is 2.48 bits per heavy atom. The zero-order valence-electron chi connectivity index (χ0n) is 14.0. The minimum absolute atomic E-state index is 0.131. The van der Waals surface area contributed by atoms with Crippen LogP contribution in [0.3, 0.4) is 0 Å². The second kappa shape index (κ2) is 8.17. The first-order valence-electron chi connectivity index (χ1n) is 9.19. The molecule has 1 aliphatic carbocycles. The van der Waals surface area contributed by atoms with Gasteiger partial charge in [-0.3, -0.25) is 4.79 Å². The topological polar surface area (TPSA) is 41.1 Å². The first-order valence-corrected chi connectivity index (χ1v) is 9.19. The van der Waals surface area contributed by atoms with Crippen molar-refractivity contribution in [3.63, 3.8) is 0 Å². The number of hydrogen-bond donors (Lipinski definition) is 2. The maximum absolute atomic E-state index is 12.7. The Labute approximate surface area is 130 Å². The number of rotatable bonds is 6. The standard InChI is InChI=1S/C18H34N2O/c1-3-10-18(11-5-12-19-14-18)17(21)20-13-16-8-6-15(4-2)7-9-16/h15-16,19H,3-14H2,1-2H3,(H,20,21). The monoisotopic (exact) mass is 294 g/mol. The van der Waals surface area contributed by atoms with Crippen LogP contribution in [0.25, 0.3) is 0 Å². The Balaban J connectivity index is 1.79. The Kier molecular flexibility index (Phi) is 6.53. The summed E-state index contributed by atoms with van der Waals surface area (Å²) in [4.78, 5) is 12.7. The predicted octanol–water partition coefficient (Wildman–Crippen LogP) is 3.49. The van der Waals surface area contributed by atoms with Gasteiger partial charge in [-0.25, -0.2) is 0 Å². The summed E-state index contributed by atoms with van der Waals surface area (Å²) < 4.78 is 0. The Bertz CT molecular complexity index is 310. The van der Waals surface area contributed by atoms with Crippen LogP contribution in [0.15, 0.2) is 0 Å². The molecule has 1 atom stereocenters. The van der Waals surface area contributed by atoms with Gasteiger partial charge < -0.3 is 10.6 Å². The van der Waals surface area contributed by atoms with E-state index in [2.05, 4.69) is 24.5 Å². The van der Waals surface area contributed by atoms with Crippen molar-refractivity contribution in [3.05, 3.63) is 0 Å². The minimum Gasteiger partial charge on any atom is -0.355 e. The smallest absolute Gasteiger partial charge is 0.227 e. The molecule has 3 heteroatoms. The van der Waals surface area contributed by atoms with Gasteiger partial charge in [0.1, 0.15) is 0 Å². The summed E-state index contributed by atoms with van der Waals surface area (Å²) in [6.07, 6.45) is 11.0. The van der Waals surface area contributed by atoms with E-state index in [-0.39, 0.29) is 5.41 Å². The maximum atomic E-state index is 12.7. The highest BCUT2D eigenvalue weighted by molar-refractivity contribution is 5.83. The largest absolute Gasteiger partial charge is 0.355 e. The lowest BCUT2D eigenvalue weighted by Gasteiger charge is -2.37. The molecular weight excluding hydrogens is 260 g/mol. The van der Waals surface area contributed by atoms with Crippen molar-refractivity contribution in [1.29, 1.82) is 0 Å². The Morgan fingerprint density at radius 1 is 1.19 bits per heavy atom. The molecule has 0 spiro atoms. The lowest BCUT2D eigenvalue weighted by molar-refractivity contribution is -0.132. The molecule has 0 aromatic heterocycles. The molecule has 0 radical (unpaired) electrons. The van der Waals surface area contributed by atoms with Gasteiger partial charge >= 0.3 is 0 Å². The molecule has 0 aromatic rings. The second-order valence-electron chi connectivity index (χ2n) is 7.32. The lowest BCUT2D eigenvalue weighted by atomic mass is 9.75. The third-order valence-electron chi connectivity index (χ3n) is 5.78. The van der Waals surface area contributed by atoms with E-state index in [1.807, 2.05) is 0 Å². The van der Waals surface area contributed by atoms with E-state index in [0.29, 0.717) is 11.8 Å². The molecule has 1 unspecified atom stereocenters. The van der Waals surface area contributed by atoms with Crippen molar-refractivity contribution in [2.45, 2.75) is 71.6 Å². The van der Waals surface area contributed by atoms with Crippen LogP contribution in [-0.4, -0.2) is 25.5 Å². The van der Waals surface area contributed by atoms with Crippen molar-refractivity contribution in [2.24, 2.45) is 17.3 Å². The quantitative estimate of drug-likeness (QED) is 0.787. The van der Waals surface area contributed by atoms with Gasteiger partial charge in [0, 0.05) is 13.1 Å². The van der Waals surface area contributed by atoms with Crippen LogP contribution in [0.1, 0.15) is 71.6 Å². The molecule has 0 aromatic carbocycles. The molecule has 3 nitrogen and oxygen atoms in total. The Hall–Kier alpha value is -0.570. The molecule has 1 heterocycles. The van der Waals surface area contributed by atoms with Crippen LogP contribution in [0.5, 0.6) is 0 Å². The summed E-state index contributed by atoms with van der Waals surface area (Å²) in [5.41, 5.74) is -0.131. The van der Waals surface area contributed by atoms with Crippen molar-refractivity contribution in [1.82, 2.24) is 10.6 Å². The predicted molar refractivity (Wildman–Crippen MR) is 88.2 cm³/mol. The highest BCUT2D eigenvalue weighted by Crippen LogP contribution is 2.33. The average molecular weight is 294 g/mol. The number of carbonyl (C=O) groups is 1. The molecule has 2 rings (SSSR count). The van der Waals surface area contributed by atoms with Crippen molar-refractivity contribution in [2.75, 3.05) is 19.6 Å². The molecule has 1 aliphatic heterocycles. The summed E-state index contributed by atoms with van der Waals surface area (Å²) in [5.74, 6) is 1.96. The van der Waals surface area contributed by atoms with Gasteiger partial charge in [0.05, 0.1) is 5.41 Å². The van der Waals surface area contributed by atoms with Crippen LogP contribution in [0.4, 0.5) is 0 Å². The molecule has 2 fully saturated rings. The van der Waals surface area contributed by atoms with E-state index in [9.17, 15) is 4.79 Å². The number of amides is 1. The van der Waals surface area contributed by atoms with Gasteiger partial charge in [-0.15, -0.1) is 0 Å². The SMILES string of the molecule is CCCC1(C(=O)NCC2CCC(CC)CC2)CCCNC1. The fourth-order valence-corrected chi connectivity index (χ4v) is 4.24. The van der Waals surface area contributed by atoms with E-state index >= 15 is 0 Å². The minimum atomic E-state index is -0.131. The Morgan fingerprint density at radius 2 is 1.90 bits per heavy atom. The molecule has 2 aliphatic rings. The molecule has 1 saturated heterocycles. The second-order valence-corrected chi connectivity index (χ2v) is 7.32. The van der Waals surface area contributed by atoms with Crippen LogP contribution in [-0.2, 0) is 4.79 Å². The summed E-state index contributed by atoms with van der Waals surface area (Å²) in [7, 11) is 0. The number of carbonyl (C=O) groups excluding carboxylic acids is 1. The fourth-order valence-electron chi connectivity index (χ4n) is 4.24. The summed E-state index contributed by atoms with van der Waals surface area (Å²) in [6.45, 7) is 7.34. The van der Waals surface area contributed by atoms with Gasteiger partial charge in [0.15, 0.2) is 0 Å². The third kappa shape index (κ3) is 4.45. The highest BCUT2D eigenvalue weighted by Gasteiger charge is 2.38.